The summed E-state index contributed by atoms with van der Waals surface area (Å²) in [6.45, 7) is 28.3. The number of fused-ring (bicyclic) bond motifs is 4. The van der Waals surface area contributed by atoms with Gasteiger partial charge in [0.1, 0.15) is 0 Å². The molecular weight excluding hydrogens is 649 g/mol. The minimum Gasteiger partial charge on any atom is -0.309 e. The number of benzene rings is 5. The van der Waals surface area contributed by atoms with Crippen LogP contribution in [0.15, 0.2) is 159 Å². The number of hydrogen-bond acceptors (Lipinski definition) is 3. The largest absolute Gasteiger partial charge is 0.309 e. The molecule has 1 aliphatic rings. The van der Waals surface area contributed by atoms with E-state index in [0.717, 1.165) is 65.7 Å². The zero-order valence-corrected chi connectivity index (χ0v) is 30.9. The lowest BCUT2D eigenvalue weighted by Crippen LogP contribution is -2.29. The summed E-state index contributed by atoms with van der Waals surface area (Å²) in [4.78, 5) is 6.94. The van der Waals surface area contributed by atoms with Gasteiger partial charge in [-0.2, -0.15) is 0 Å². The highest BCUT2D eigenvalue weighted by Crippen LogP contribution is 2.54. The fraction of sp³-hybridized carbons (Fsp3) is 0.0816. The Labute approximate surface area is 311 Å². The fourth-order valence-corrected chi connectivity index (χ4v) is 8.71. The molecule has 0 spiro atoms. The van der Waals surface area contributed by atoms with E-state index in [2.05, 4.69) is 160 Å². The Morgan fingerprint density at radius 3 is 2.21 bits per heavy atom. The number of aliphatic imine (C=N–C) groups is 1. The van der Waals surface area contributed by atoms with Gasteiger partial charge in [0.2, 0.25) is 0 Å². The molecule has 0 saturated carbocycles. The van der Waals surface area contributed by atoms with E-state index in [1.807, 2.05) is 37.3 Å². The number of nitrogens with zero attached hydrogens (tertiary/aromatic N) is 2. The van der Waals surface area contributed by atoms with E-state index >= 15 is 0 Å². The summed E-state index contributed by atoms with van der Waals surface area (Å²) in [6, 6.07) is 36.8. The average molecular weight is 691 g/mol. The molecule has 0 amide bonds. The van der Waals surface area contributed by atoms with Gasteiger partial charge in [-0.05, 0) is 88.4 Å². The Balaban J connectivity index is 1.57. The highest BCUT2D eigenvalue weighted by molar-refractivity contribution is 7.17. The van der Waals surface area contributed by atoms with Crippen molar-refractivity contribution in [1.29, 1.82) is 0 Å². The summed E-state index contributed by atoms with van der Waals surface area (Å²) in [5, 5.41) is 2.22. The smallest absolute Gasteiger partial charge is 0.0698 e. The third kappa shape index (κ3) is 5.64. The zero-order valence-electron chi connectivity index (χ0n) is 30.1. The lowest BCUT2D eigenvalue weighted by Gasteiger charge is -2.32. The van der Waals surface area contributed by atoms with E-state index < -0.39 is 0 Å². The molecule has 3 heteroatoms. The predicted molar refractivity (Wildman–Crippen MR) is 230 cm³/mol. The third-order valence-corrected chi connectivity index (χ3v) is 11.1. The van der Waals surface area contributed by atoms with Gasteiger partial charge < -0.3 is 4.90 Å². The Morgan fingerprint density at radius 1 is 0.769 bits per heavy atom. The molecular formula is C49H42N2S. The molecule has 1 aromatic heterocycles. The van der Waals surface area contributed by atoms with E-state index in [4.69, 9.17) is 0 Å². The second-order valence-electron chi connectivity index (χ2n) is 13.4. The van der Waals surface area contributed by atoms with E-state index in [0.29, 0.717) is 0 Å². The summed E-state index contributed by atoms with van der Waals surface area (Å²) in [6.07, 6.45) is 11.6. The maximum absolute atomic E-state index is 4.59. The number of rotatable bonds is 10. The first kappa shape index (κ1) is 34.4. The number of thiophene rings is 1. The Kier molecular flexibility index (Phi) is 9.23. The van der Waals surface area contributed by atoms with Gasteiger partial charge in [0, 0.05) is 48.3 Å². The molecule has 2 nitrogen and oxygen atoms in total. The van der Waals surface area contributed by atoms with Crippen LogP contribution in [0, 0.1) is 0 Å². The molecule has 0 fully saturated rings. The van der Waals surface area contributed by atoms with Gasteiger partial charge in [0.05, 0.1) is 17.1 Å². The summed E-state index contributed by atoms with van der Waals surface area (Å²) in [5.74, 6) is 0. The molecule has 0 N–H and O–H groups in total. The number of anilines is 2. The van der Waals surface area contributed by atoms with Crippen molar-refractivity contribution in [3.63, 3.8) is 0 Å². The summed E-state index contributed by atoms with van der Waals surface area (Å²) in [7, 11) is 0. The van der Waals surface area contributed by atoms with Crippen LogP contribution in [0.3, 0.4) is 0 Å². The second kappa shape index (κ2) is 13.9. The van der Waals surface area contributed by atoms with Crippen molar-refractivity contribution in [2.45, 2.75) is 26.2 Å². The van der Waals surface area contributed by atoms with Crippen molar-refractivity contribution in [2.24, 2.45) is 4.99 Å². The van der Waals surface area contributed by atoms with Crippen LogP contribution in [0.25, 0.3) is 56.8 Å². The number of allylic oxidation sites excluding steroid dienone is 2. The molecule has 0 aliphatic heterocycles. The molecule has 254 valence electrons. The van der Waals surface area contributed by atoms with Gasteiger partial charge in [-0.1, -0.05) is 138 Å². The number of hydrogen-bond donors (Lipinski definition) is 0. The standard InChI is InChI=1S/C49H42N2S/c1-9-20-43(50-13-5)35-27-28-39-41(30-35)49(7,8)42-31-45(37(10-2)38(11-3)48(39)42)51(36-24-19-23-34(29-36)33-21-15-14-16-22-33)44(12-4)47-32(6)52-46-26-18-17-25-40(46)47/h9-31H,2-6H2,1,7-8H3/b20-9-,47-44-,50-43?. The summed E-state index contributed by atoms with van der Waals surface area (Å²) < 4.78 is 2.18. The van der Waals surface area contributed by atoms with Crippen LogP contribution in [-0.4, -0.2) is 5.71 Å². The molecule has 0 radical (unpaired) electrons. The van der Waals surface area contributed by atoms with Crippen molar-refractivity contribution >= 4 is 62.9 Å². The van der Waals surface area contributed by atoms with Crippen molar-refractivity contribution in [1.82, 2.24) is 0 Å². The minimum atomic E-state index is -0.333. The van der Waals surface area contributed by atoms with Crippen LogP contribution in [-0.2, 0) is 5.41 Å². The molecule has 6 aromatic rings. The van der Waals surface area contributed by atoms with Crippen LogP contribution in [0.1, 0.15) is 48.6 Å². The maximum atomic E-state index is 4.59. The molecule has 0 bridgehead atoms. The lowest BCUT2D eigenvalue weighted by atomic mass is 9.80. The Hall–Kier alpha value is -6.03. The molecule has 1 aliphatic carbocycles. The van der Waals surface area contributed by atoms with Crippen LogP contribution >= 0.6 is 11.3 Å². The predicted octanol–water partition coefficient (Wildman–Crippen LogP) is 12.2. The molecule has 7 rings (SSSR count). The highest BCUT2D eigenvalue weighted by atomic mass is 32.1. The van der Waals surface area contributed by atoms with Gasteiger partial charge in [0.15, 0.2) is 0 Å². The molecule has 1 heterocycles. The first-order chi connectivity index (χ1) is 25.3. The lowest BCUT2D eigenvalue weighted by molar-refractivity contribution is 0.660. The van der Waals surface area contributed by atoms with Crippen LogP contribution < -0.4 is 14.7 Å². The second-order valence-corrected chi connectivity index (χ2v) is 14.5. The Morgan fingerprint density at radius 2 is 1.50 bits per heavy atom. The third-order valence-electron chi connectivity index (χ3n) is 10.1. The normalized spacial score (nSPS) is 13.8. The first-order valence-corrected chi connectivity index (χ1v) is 18.3. The van der Waals surface area contributed by atoms with E-state index in [9.17, 15) is 0 Å². The van der Waals surface area contributed by atoms with Crippen LogP contribution in [0.5, 0.6) is 0 Å². The molecule has 0 unspecified atom stereocenters. The average Bonchev–Trinajstić information content (AvgIpc) is 3.62. The SMILES string of the molecule is C=CN=C(/C=C\C)c1ccc2c(c1)C(C)(C)c1cc(N(/C(C=C)=c3/c(=C)sc4ccccc34)c3cccc(-c4ccccc4)c3)c(C=C)c(C=C)c1-2. The highest BCUT2D eigenvalue weighted by Gasteiger charge is 2.39. The Bertz CT molecular complexity index is 2590. The topological polar surface area (TPSA) is 15.6 Å². The zero-order chi connectivity index (χ0) is 36.6. The van der Waals surface area contributed by atoms with Crippen LogP contribution in [0.4, 0.5) is 11.4 Å². The fourth-order valence-electron chi connectivity index (χ4n) is 7.70. The van der Waals surface area contributed by atoms with Gasteiger partial charge in [0.25, 0.3) is 0 Å². The van der Waals surface area contributed by atoms with E-state index in [1.165, 1.54) is 27.0 Å². The molecule has 5 aromatic carbocycles. The summed E-state index contributed by atoms with van der Waals surface area (Å²) in [5.41, 5.74) is 13.7. The minimum absolute atomic E-state index is 0.333. The quantitative estimate of drug-likeness (QED) is 0.131. The van der Waals surface area contributed by atoms with Gasteiger partial charge in [-0.3, -0.25) is 4.99 Å². The van der Waals surface area contributed by atoms with Crippen molar-refractivity contribution in [2.75, 3.05) is 4.90 Å². The van der Waals surface area contributed by atoms with Crippen molar-refractivity contribution in [3.05, 3.63) is 191 Å². The van der Waals surface area contributed by atoms with Gasteiger partial charge in [-0.15, -0.1) is 11.3 Å². The molecule has 0 saturated heterocycles. The van der Waals surface area contributed by atoms with Gasteiger partial charge >= 0.3 is 0 Å². The molecule has 52 heavy (non-hydrogen) atoms. The first-order valence-electron chi connectivity index (χ1n) is 17.5. The maximum Gasteiger partial charge on any atom is 0.0698 e. The van der Waals surface area contributed by atoms with E-state index in [1.54, 1.807) is 17.5 Å². The monoisotopic (exact) mass is 690 g/mol. The van der Waals surface area contributed by atoms with Crippen molar-refractivity contribution in [3.8, 4) is 22.3 Å². The van der Waals surface area contributed by atoms with Gasteiger partial charge in [-0.25, -0.2) is 0 Å². The summed E-state index contributed by atoms with van der Waals surface area (Å²) >= 11 is 1.71. The van der Waals surface area contributed by atoms with Crippen LogP contribution in [0.2, 0.25) is 0 Å². The van der Waals surface area contributed by atoms with E-state index in [-0.39, 0.29) is 5.41 Å². The molecule has 0 atom stereocenters. The van der Waals surface area contributed by atoms with Crippen molar-refractivity contribution < 1.29 is 0 Å².